The van der Waals surface area contributed by atoms with E-state index in [2.05, 4.69) is 5.32 Å². The van der Waals surface area contributed by atoms with Gasteiger partial charge in [-0.05, 0) is 30.7 Å². The first kappa shape index (κ1) is 23.2. The fourth-order valence-electron chi connectivity index (χ4n) is 2.28. The number of rotatable bonds is 9. The highest BCUT2D eigenvalue weighted by Gasteiger charge is 2.31. The first-order valence-electron chi connectivity index (χ1n) is 8.65. The number of carbonyl (C=O) groups excluding carboxylic acids is 1. The van der Waals surface area contributed by atoms with E-state index < -0.39 is 39.1 Å². The van der Waals surface area contributed by atoms with Crippen LogP contribution in [-0.2, 0) is 26.7 Å². The number of hydrogen-bond donors (Lipinski definition) is 2. The van der Waals surface area contributed by atoms with Crippen LogP contribution in [0.15, 0.2) is 53.4 Å². The third-order valence-electron chi connectivity index (χ3n) is 3.85. The van der Waals surface area contributed by atoms with Crippen molar-refractivity contribution in [3.63, 3.8) is 0 Å². The molecule has 5 nitrogen and oxygen atoms in total. The number of thioether (sulfide) groups is 1. The predicted molar refractivity (Wildman–Crippen MR) is 107 cm³/mol. The minimum absolute atomic E-state index is 0.348. The molecule has 2 aromatic carbocycles. The zero-order valence-electron chi connectivity index (χ0n) is 15.6. The van der Waals surface area contributed by atoms with Crippen molar-refractivity contribution < 1.29 is 26.4 Å². The van der Waals surface area contributed by atoms with Crippen LogP contribution in [0.4, 0.5) is 13.2 Å². The molecule has 0 bridgehead atoms. The van der Waals surface area contributed by atoms with Crippen LogP contribution in [-0.4, -0.2) is 33.2 Å². The van der Waals surface area contributed by atoms with Crippen LogP contribution in [0, 0.1) is 6.92 Å². The average Bonchev–Trinajstić information content (AvgIpc) is 2.67. The summed E-state index contributed by atoms with van der Waals surface area (Å²) in [6.45, 7) is 1.80. The molecule has 0 aromatic heterocycles. The summed E-state index contributed by atoms with van der Waals surface area (Å²) in [4.78, 5) is 11.2. The quantitative estimate of drug-likeness (QED) is 0.580. The molecule has 0 saturated heterocycles. The van der Waals surface area contributed by atoms with Gasteiger partial charge in [0.15, 0.2) is 0 Å². The Balaban J connectivity index is 1.74. The van der Waals surface area contributed by atoms with Crippen molar-refractivity contribution in [2.45, 2.75) is 23.7 Å². The van der Waals surface area contributed by atoms with Crippen molar-refractivity contribution in [1.29, 1.82) is 0 Å². The van der Waals surface area contributed by atoms with Gasteiger partial charge in [0.05, 0.1) is 17.0 Å². The number of aryl methyl sites for hydroxylation is 1. The van der Waals surface area contributed by atoms with Crippen LogP contribution in [0.2, 0.25) is 0 Å². The maximum atomic E-state index is 12.7. The maximum absolute atomic E-state index is 12.7. The van der Waals surface area contributed by atoms with Gasteiger partial charge >= 0.3 is 6.18 Å². The van der Waals surface area contributed by atoms with Crippen molar-refractivity contribution >= 4 is 27.7 Å². The van der Waals surface area contributed by atoms with E-state index in [0.29, 0.717) is 18.4 Å². The third-order valence-corrected chi connectivity index (χ3v) is 6.28. The van der Waals surface area contributed by atoms with Crippen molar-refractivity contribution in [3.05, 3.63) is 65.2 Å². The van der Waals surface area contributed by atoms with E-state index in [1.165, 1.54) is 11.1 Å². The van der Waals surface area contributed by atoms with Crippen LogP contribution in [0.5, 0.6) is 0 Å². The molecule has 2 aromatic rings. The molecule has 1 amide bonds. The fraction of sp³-hybridized carbons (Fsp3) is 0.316. The summed E-state index contributed by atoms with van der Waals surface area (Å²) in [6, 6.07) is 11.5. The van der Waals surface area contributed by atoms with Crippen molar-refractivity contribution in [1.82, 2.24) is 10.0 Å². The first-order chi connectivity index (χ1) is 13.6. The standard InChI is InChI=1S/C19H21F3N2O3S2/c1-14-5-7-15(8-6-14)13-28-10-9-23-18(25)12-24-29(26,27)17-4-2-3-16(11-17)19(20,21)22/h2-8,11,24H,9-10,12-13H2,1H3,(H,23,25). The van der Waals surface area contributed by atoms with Gasteiger partial charge < -0.3 is 5.32 Å². The molecule has 0 aliphatic rings. The molecule has 2 rings (SSSR count). The number of sulfonamides is 1. The predicted octanol–water partition coefficient (Wildman–Crippen LogP) is 3.34. The lowest BCUT2D eigenvalue weighted by atomic mass is 10.2. The van der Waals surface area contributed by atoms with Crippen molar-refractivity contribution in [2.75, 3.05) is 18.8 Å². The van der Waals surface area contributed by atoms with E-state index in [0.717, 1.165) is 24.0 Å². The summed E-state index contributed by atoms with van der Waals surface area (Å²) in [6.07, 6.45) is -4.65. The van der Waals surface area contributed by atoms with E-state index in [1.807, 2.05) is 35.9 Å². The molecular weight excluding hydrogens is 425 g/mol. The Kier molecular flexibility index (Phi) is 8.12. The van der Waals surface area contributed by atoms with Gasteiger partial charge in [-0.1, -0.05) is 35.9 Å². The number of carbonyl (C=O) groups is 1. The van der Waals surface area contributed by atoms with Gasteiger partial charge in [0.1, 0.15) is 0 Å². The number of benzene rings is 2. The number of halogens is 3. The zero-order chi connectivity index (χ0) is 21.5. The molecule has 0 atom stereocenters. The molecule has 0 radical (unpaired) electrons. The Labute approximate surface area is 172 Å². The Hall–Kier alpha value is -2.04. The summed E-state index contributed by atoms with van der Waals surface area (Å²) in [5.41, 5.74) is 1.27. The molecule has 29 heavy (non-hydrogen) atoms. The van der Waals surface area contributed by atoms with Crippen LogP contribution in [0.3, 0.4) is 0 Å². The van der Waals surface area contributed by atoms with E-state index >= 15 is 0 Å². The van der Waals surface area contributed by atoms with E-state index in [9.17, 15) is 26.4 Å². The zero-order valence-corrected chi connectivity index (χ0v) is 17.3. The smallest absolute Gasteiger partial charge is 0.354 e. The minimum atomic E-state index is -4.65. The molecule has 158 valence electrons. The fourth-order valence-corrected chi connectivity index (χ4v) is 4.13. The molecule has 0 fully saturated rings. The van der Waals surface area contributed by atoms with E-state index in [1.54, 1.807) is 11.8 Å². The lowest BCUT2D eigenvalue weighted by molar-refractivity contribution is -0.137. The summed E-state index contributed by atoms with van der Waals surface area (Å²) < 4.78 is 64.4. The van der Waals surface area contributed by atoms with Crippen molar-refractivity contribution in [2.24, 2.45) is 0 Å². The molecule has 0 spiro atoms. The average molecular weight is 447 g/mol. The Bertz CT molecular complexity index is 930. The molecule has 0 unspecified atom stereocenters. The summed E-state index contributed by atoms with van der Waals surface area (Å²) in [7, 11) is -4.23. The second-order valence-corrected chi connectivity index (χ2v) is 9.11. The van der Waals surface area contributed by atoms with Gasteiger partial charge in [-0.2, -0.15) is 24.9 Å². The Morgan fingerprint density at radius 3 is 2.45 bits per heavy atom. The van der Waals surface area contributed by atoms with Gasteiger partial charge in [0, 0.05) is 18.1 Å². The van der Waals surface area contributed by atoms with Crippen LogP contribution >= 0.6 is 11.8 Å². The molecule has 0 aliphatic carbocycles. The van der Waals surface area contributed by atoms with E-state index in [4.69, 9.17) is 0 Å². The normalized spacial score (nSPS) is 12.0. The molecule has 0 aliphatic heterocycles. The minimum Gasteiger partial charge on any atom is -0.354 e. The Morgan fingerprint density at radius 2 is 1.79 bits per heavy atom. The number of nitrogens with one attached hydrogen (secondary N) is 2. The maximum Gasteiger partial charge on any atom is 0.416 e. The first-order valence-corrected chi connectivity index (χ1v) is 11.3. The SMILES string of the molecule is Cc1ccc(CSCCNC(=O)CNS(=O)(=O)c2cccc(C(F)(F)F)c2)cc1. The van der Waals surface area contributed by atoms with Gasteiger partial charge in [0.25, 0.3) is 0 Å². The molecule has 2 N–H and O–H groups in total. The summed E-state index contributed by atoms with van der Waals surface area (Å²) >= 11 is 1.62. The third kappa shape index (κ3) is 7.71. The highest BCUT2D eigenvalue weighted by Crippen LogP contribution is 2.30. The summed E-state index contributed by atoms with van der Waals surface area (Å²) in [5.74, 6) is 0.870. The van der Waals surface area contributed by atoms with Gasteiger partial charge in [0.2, 0.25) is 15.9 Å². The monoisotopic (exact) mass is 446 g/mol. The van der Waals surface area contributed by atoms with E-state index in [-0.39, 0.29) is 0 Å². The molecule has 10 heteroatoms. The van der Waals surface area contributed by atoms with Crippen LogP contribution < -0.4 is 10.0 Å². The van der Waals surface area contributed by atoms with Gasteiger partial charge in [-0.3, -0.25) is 4.79 Å². The highest BCUT2D eigenvalue weighted by molar-refractivity contribution is 7.98. The molecule has 0 heterocycles. The van der Waals surface area contributed by atoms with Crippen LogP contribution in [0.25, 0.3) is 0 Å². The van der Waals surface area contributed by atoms with Gasteiger partial charge in [-0.15, -0.1) is 0 Å². The molecule has 0 saturated carbocycles. The number of amides is 1. The van der Waals surface area contributed by atoms with Crippen LogP contribution in [0.1, 0.15) is 16.7 Å². The topological polar surface area (TPSA) is 75.3 Å². The lowest BCUT2D eigenvalue weighted by Gasteiger charge is -2.10. The second-order valence-electron chi connectivity index (χ2n) is 6.24. The highest BCUT2D eigenvalue weighted by atomic mass is 32.2. The Morgan fingerprint density at radius 1 is 1.10 bits per heavy atom. The number of alkyl halides is 3. The van der Waals surface area contributed by atoms with Crippen molar-refractivity contribution in [3.8, 4) is 0 Å². The lowest BCUT2D eigenvalue weighted by Crippen LogP contribution is -2.37. The number of hydrogen-bond acceptors (Lipinski definition) is 4. The van der Waals surface area contributed by atoms with Gasteiger partial charge in [-0.25, -0.2) is 13.1 Å². The molecular formula is C19H21F3N2O3S2. The second kappa shape index (κ2) is 10.1. The summed E-state index contributed by atoms with van der Waals surface area (Å²) in [5, 5.41) is 2.57. The largest absolute Gasteiger partial charge is 0.416 e.